The number of amides is 2. The van der Waals surface area contributed by atoms with Crippen LogP contribution in [-0.2, 0) is 0 Å². The van der Waals surface area contributed by atoms with Gasteiger partial charge in [0.25, 0.3) is 11.8 Å². The molecule has 0 aliphatic carbocycles. The van der Waals surface area contributed by atoms with Gasteiger partial charge in [0.1, 0.15) is 0 Å². The Bertz CT molecular complexity index is 1070. The molecule has 0 atom stereocenters. The zero-order chi connectivity index (χ0) is 21.7. The number of carbonyl (C=O) groups excluding carboxylic acids is 2. The average Bonchev–Trinajstić information content (AvgIpc) is 2.73. The Balaban J connectivity index is 1.79. The maximum Gasteiger partial charge on any atom is 0.336 e. The molecule has 0 radical (unpaired) electrons. The molecular weight excluding hydrogens is 388 g/mol. The second-order valence-corrected chi connectivity index (χ2v) is 6.19. The normalized spacial score (nSPS) is 10.1. The molecule has 150 valence electrons. The molecule has 0 aliphatic rings. The molecule has 2 amide bonds. The number of anilines is 2. The van der Waals surface area contributed by atoms with E-state index < -0.39 is 23.8 Å². The predicted octanol–water partition coefficient (Wildman–Crippen LogP) is 3.59. The number of carboxylic acids is 2. The van der Waals surface area contributed by atoms with E-state index in [0.29, 0.717) is 11.4 Å². The highest BCUT2D eigenvalue weighted by Gasteiger charge is 2.17. The smallest absolute Gasteiger partial charge is 0.336 e. The maximum atomic E-state index is 12.5. The van der Waals surface area contributed by atoms with E-state index in [-0.39, 0.29) is 22.3 Å². The van der Waals surface area contributed by atoms with Crippen LogP contribution >= 0.6 is 0 Å². The Morgan fingerprint density at radius 3 is 1.27 bits per heavy atom. The van der Waals surface area contributed by atoms with Crippen molar-refractivity contribution in [1.29, 1.82) is 0 Å². The number of rotatable bonds is 6. The van der Waals surface area contributed by atoms with Gasteiger partial charge in [-0.3, -0.25) is 9.59 Å². The van der Waals surface area contributed by atoms with Crippen molar-refractivity contribution in [2.75, 3.05) is 10.6 Å². The predicted molar refractivity (Wildman–Crippen MR) is 109 cm³/mol. The summed E-state index contributed by atoms with van der Waals surface area (Å²) in [6, 6.07) is 17.8. The second kappa shape index (κ2) is 8.70. The number of carbonyl (C=O) groups is 4. The first kappa shape index (κ1) is 20.3. The van der Waals surface area contributed by atoms with E-state index in [4.69, 9.17) is 0 Å². The maximum absolute atomic E-state index is 12.5. The Kier molecular flexibility index (Phi) is 5.88. The molecule has 0 aromatic heterocycles. The lowest BCUT2D eigenvalue weighted by molar-refractivity contribution is 0.0683. The molecule has 0 spiro atoms. The van der Waals surface area contributed by atoms with E-state index in [0.717, 1.165) is 0 Å². The molecule has 3 aromatic rings. The minimum absolute atomic E-state index is 0.00479. The first-order valence-electron chi connectivity index (χ1n) is 8.74. The summed E-state index contributed by atoms with van der Waals surface area (Å²) in [5, 5.41) is 23.6. The van der Waals surface area contributed by atoms with Crippen LogP contribution in [0.5, 0.6) is 0 Å². The van der Waals surface area contributed by atoms with E-state index in [1.165, 1.54) is 42.5 Å². The lowest BCUT2D eigenvalue weighted by Gasteiger charge is -2.11. The van der Waals surface area contributed by atoms with Crippen LogP contribution in [-0.4, -0.2) is 34.0 Å². The number of nitrogens with one attached hydrogen (secondary N) is 2. The van der Waals surface area contributed by atoms with Gasteiger partial charge in [-0.25, -0.2) is 9.59 Å². The minimum Gasteiger partial charge on any atom is -0.478 e. The quantitative estimate of drug-likeness (QED) is 0.496. The molecule has 30 heavy (non-hydrogen) atoms. The van der Waals surface area contributed by atoms with E-state index in [1.807, 2.05) is 0 Å². The summed E-state index contributed by atoms with van der Waals surface area (Å²) >= 11 is 0. The summed E-state index contributed by atoms with van der Waals surface area (Å²) in [5.41, 5.74) is 0.369. The van der Waals surface area contributed by atoms with Gasteiger partial charge in [-0.05, 0) is 42.5 Å². The summed E-state index contributed by atoms with van der Waals surface area (Å²) in [4.78, 5) is 47.6. The molecule has 8 nitrogen and oxygen atoms in total. The molecule has 0 aliphatic heterocycles. The lowest BCUT2D eigenvalue weighted by atomic mass is 10.1. The van der Waals surface area contributed by atoms with Crippen molar-refractivity contribution in [3.8, 4) is 0 Å². The third kappa shape index (κ3) is 4.50. The lowest BCUT2D eigenvalue weighted by Crippen LogP contribution is -2.17. The van der Waals surface area contributed by atoms with Gasteiger partial charge in [0.15, 0.2) is 0 Å². The van der Waals surface area contributed by atoms with Crippen LogP contribution in [0.2, 0.25) is 0 Å². The fourth-order valence-corrected chi connectivity index (χ4v) is 2.81. The Morgan fingerprint density at radius 1 is 0.533 bits per heavy atom. The fraction of sp³-hybridized carbons (Fsp3) is 0. The topological polar surface area (TPSA) is 133 Å². The molecule has 0 saturated carbocycles. The van der Waals surface area contributed by atoms with Crippen LogP contribution < -0.4 is 10.6 Å². The van der Waals surface area contributed by atoms with Crippen LogP contribution in [0.25, 0.3) is 0 Å². The molecule has 0 bridgehead atoms. The van der Waals surface area contributed by atoms with Crippen molar-refractivity contribution in [2.24, 2.45) is 0 Å². The van der Waals surface area contributed by atoms with Crippen molar-refractivity contribution in [2.45, 2.75) is 0 Å². The number of hydrogen-bond donors (Lipinski definition) is 4. The first-order chi connectivity index (χ1) is 14.4. The molecule has 0 unspecified atom stereocenters. The standard InChI is InChI=1S/C22H16N2O6/c25-19(15-8-1-3-10-17(15)21(27)28)23-13-6-5-7-14(12-13)24-20(26)16-9-2-4-11-18(16)22(29)30/h1-12H,(H,23,25)(H,24,26)(H,27,28)(H,29,30). The third-order valence-electron chi connectivity index (χ3n) is 4.18. The number of hydrogen-bond acceptors (Lipinski definition) is 4. The summed E-state index contributed by atoms with van der Waals surface area (Å²) in [5.74, 6) is -3.68. The Morgan fingerprint density at radius 2 is 0.900 bits per heavy atom. The van der Waals surface area contributed by atoms with E-state index >= 15 is 0 Å². The summed E-state index contributed by atoms with van der Waals surface area (Å²) in [6.07, 6.45) is 0. The monoisotopic (exact) mass is 404 g/mol. The summed E-state index contributed by atoms with van der Waals surface area (Å²) in [7, 11) is 0. The van der Waals surface area contributed by atoms with Gasteiger partial charge in [-0.1, -0.05) is 30.3 Å². The van der Waals surface area contributed by atoms with Crippen LogP contribution in [0.3, 0.4) is 0 Å². The average molecular weight is 404 g/mol. The molecule has 0 fully saturated rings. The van der Waals surface area contributed by atoms with Gasteiger partial charge in [-0.2, -0.15) is 0 Å². The molecule has 8 heteroatoms. The van der Waals surface area contributed by atoms with Gasteiger partial charge >= 0.3 is 11.9 Å². The molecule has 3 rings (SSSR count). The molecular formula is C22H16N2O6. The number of benzene rings is 3. The molecule has 4 N–H and O–H groups in total. The van der Waals surface area contributed by atoms with Crippen LogP contribution in [0.1, 0.15) is 41.4 Å². The highest BCUT2D eigenvalue weighted by Crippen LogP contribution is 2.19. The van der Waals surface area contributed by atoms with Crippen LogP contribution in [0, 0.1) is 0 Å². The van der Waals surface area contributed by atoms with Gasteiger partial charge < -0.3 is 20.8 Å². The molecule has 0 saturated heterocycles. The summed E-state index contributed by atoms with van der Waals surface area (Å²) in [6.45, 7) is 0. The van der Waals surface area contributed by atoms with E-state index in [9.17, 15) is 29.4 Å². The van der Waals surface area contributed by atoms with Crippen molar-refractivity contribution < 1.29 is 29.4 Å². The van der Waals surface area contributed by atoms with Crippen LogP contribution in [0.4, 0.5) is 11.4 Å². The first-order valence-corrected chi connectivity index (χ1v) is 8.74. The Labute approximate surface area is 170 Å². The van der Waals surface area contributed by atoms with E-state index in [1.54, 1.807) is 30.3 Å². The zero-order valence-electron chi connectivity index (χ0n) is 15.5. The second-order valence-electron chi connectivity index (χ2n) is 6.19. The SMILES string of the molecule is O=C(O)c1ccccc1C(=O)Nc1cccc(NC(=O)c2ccccc2C(=O)O)c1. The van der Waals surface area contributed by atoms with Crippen molar-refractivity contribution in [1.82, 2.24) is 0 Å². The largest absolute Gasteiger partial charge is 0.478 e. The highest BCUT2D eigenvalue weighted by molar-refractivity contribution is 6.12. The molecule has 0 heterocycles. The van der Waals surface area contributed by atoms with Gasteiger partial charge in [0, 0.05) is 11.4 Å². The van der Waals surface area contributed by atoms with Crippen molar-refractivity contribution >= 4 is 35.1 Å². The zero-order valence-corrected chi connectivity index (χ0v) is 15.5. The molecule has 3 aromatic carbocycles. The third-order valence-corrected chi connectivity index (χ3v) is 4.18. The van der Waals surface area contributed by atoms with Gasteiger partial charge in [0.2, 0.25) is 0 Å². The van der Waals surface area contributed by atoms with Crippen molar-refractivity contribution in [3.63, 3.8) is 0 Å². The number of carboxylic acid groups (broad SMARTS) is 2. The minimum atomic E-state index is -1.22. The Hall–Kier alpha value is -4.46. The van der Waals surface area contributed by atoms with Gasteiger partial charge in [-0.15, -0.1) is 0 Å². The van der Waals surface area contributed by atoms with Gasteiger partial charge in [0.05, 0.1) is 22.3 Å². The van der Waals surface area contributed by atoms with Crippen LogP contribution in [0.15, 0.2) is 72.8 Å². The number of aromatic carboxylic acids is 2. The van der Waals surface area contributed by atoms with E-state index in [2.05, 4.69) is 10.6 Å². The summed E-state index contributed by atoms with van der Waals surface area (Å²) < 4.78 is 0. The van der Waals surface area contributed by atoms with Crippen molar-refractivity contribution in [3.05, 3.63) is 95.1 Å². The highest BCUT2D eigenvalue weighted by atomic mass is 16.4. The fourth-order valence-electron chi connectivity index (χ4n) is 2.81.